The van der Waals surface area contributed by atoms with Gasteiger partial charge in [-0.3, -0.25) is 14.6 Å². The summed E-state index contributed by atoms with van der Waals surface area (Å²) < 4.78 is 21.7. The van der Waals surface area contributed by atoms with Crippen LogP contribution in [0, 0.1) is 11.8 Å². The molecule has 2 aromatic rings. The summed E-state index contributed by atoms with van der Waals surface area (Å²) in [5.41, 5.74) is 3.05. The number of aliphatic imine (C=N–C) groups is 1. The van der Waals surface area contributed by atoms with Crippen molar-refractivity contribution in [3.63, 3.8) is 0 Å². The fraction of sp³-hybridized carbons (Fsp3) is 0.419. The molecule has 0 bridgehead atoms. The molecule has 0 aromatic heterocycles. The molecule has 2 aliphatic rings. The number of ether oxygens (including phenoxy) is 4. The van der Waals surface area contributed by atoms with Crippen molar-refractivity contribution in [2.24, 2.45) is 16.8 Å². The summed E-state index contributed by atoms with van der Waals surface area (Å²) in [4.78, 5) is 45.7. The number of methoxy groups -OCH3 is 1. The summed E-state index contributed by atoms with van der Waals surface area (Å²) in [5.74, 6) is -3.02. The smallest absolute Gasteiger partial charge is 0.336 e. The van der Waals surface area contributed by atoms with E-state index in [-0.39, 0.29) is 19.0 Å². The molecule has 39 heavy (non-hydrogen) atoms. The lowest BCUT2D eigenvalue weighted by atomic mass is 9.62. The van der Waals surface area contributed by atoms with Crippen LogP contribution >= 0.6 is 0 Å². The molecule has 1 unspecified atom stereocenters. The molecule has 4 atom stereocenters. The third-order valence-corrected chi connectivity index (χ3v) is 7.28. The summed E-state index contributed by atoms with van der Waals surface area (Å²) in [6.07, 6.45) is 0.368. The van der Waals surface area contributed by atoms with Crippen molar-refractivity contribution in [3.8, 4) is 11.5 Å². The number of ketones is 1. The number of Topliss-reactive ketones (excluding diaryl/α,β-unsaturated/α-hetero) is 1. The van der Waals surface area contributed by atoms with Crippen LogP contribution in [0.2, 0.25) is 0 Å². The first-order chi connectivity index (χ1) is 18.8. The maximum atomic E-state index is 14.4. The Labute approximate surface area is 229 Å². The molecule has 1 fully saturated rings. The molecule has 0 saturated heterocycles. The lowest BCUT2D eigenvalue weighted by Gasteiger charge is -2.41. The Morgan fingerprint density at radius 1 is 0.846 bits per heavy atom. The molecule has 1 aliphatic heterocycles. The zero-order valence-corrected chi connectivity index (χ0v) is 23.1. The monoisotopic (exact) mass is 533 g/mol. The third-order valence-electron chi connectivity index (χ3n) is 7.28. The Kier molecular flexibility index (Phi) is 8.84. The summed E-state index contributed by atoms with van der Waals surface area (Å²) in [6, 6.07) is 14.7. The molecule has 1 aliphatic carbocycles. The van der Waals surface area contributed by atoms with Crippen molar-refractivity contribution in [2.45, 2.75) is 46.0 Å². The lowest BCUT2D eigenvalue weighted by molar-refractivity contribution is -0.153. The van der Waals surface area contributed by atoms with E-state index in [2.05, 4.69) is 0 Å². The van der Waals surface area contributed by atoms with Crippen molar-refractivity contribution < 1.29 is 33.3 Å². The van der Waals surface area contributed by atoms with E-state index in [1.54, 1.807) is 27.9 Å². The average molecular weight is 534 g/mol. The molecule has 8 nitrogen and oxygen atoms in total. The van der Waals surface area contributed by atoms with Crippen LogP contribution in [0.15, 0.2) is 64.8 Å². The number of fused-ring (bicyclic) bond motifs is 1. The van der Waals surface area contributed by atoms with E-state index >= 15 is 0 Å². The van der Waals surface area contributed by atoms with Crippen molar-refractivity contribution in [2.75, 3.05) is 26.9 Å². The van der Waals surface area contributed by atoms with Crippen LogP contribution in [0.1, 0.15) is 57.1 Å². The summed E-state index contributed by atoms with van der Waals surface area (Å²) >= 11 is 0. The summed E-state index contributed by atoms with van der Waals surface area (Å²) in [5, 5.41) is 0. The topological polar surface area (TPSA) is 100 Å². The van der Waals surface area contributed by atoms with E-state index in [0.29, 0.717) is 41.5 Å². The highest BCUT2D eigenvalue weighted by atomic mass is 16.5. The predicted octanol–water partition coefficient (Wildman–Crippen LogP) is 5.02. The standard InChI is InChI=1S/C31H35NO7/c1-6-37-22-15-11-20(12-16-22)26-25(30(34)38-7-2)18(4)32-24-17-23(19-9-13-21(36-5)14-10-19)27(29(33)28(24)26)31(35)39-8-3/h9-16,23,26-28H,6-8,17H2,1-5H3/t23-,26+,27-,28?/m0/s1. The number of benzene rings is 2. The number of allylic oxidation sites excluding steroid dienone is 1. The number of carbonyl (C=O) groups excluding carboxylic acids is 3. The first-order valence-electron chi connectivity index (χ1n) is 13.4. The predicted molar refractivity (Wildman–Crippen MR) is 146 cm³/mol. The minimum atomic E-state index is -1.05. The fourth-order valence-corrected chi connectivity index (χ4v) is 5.62. The SMILES string of the molecule is CCOC(=O)C1=C(C)N=C2C[C@@H](c3ccc(OC)cc3)[C@H](C(=O)OCC)C(=O)C2[C@@H]1c1ccc(OCC)cc1. The van der Waals surface area contributed by atoms with Gasteiger partial charge in [-0.1, -0.05) is 24.3 Å². The minimum absolute atomic E-state index is 0.152. The Morgan fingerprint density at radius 3 is 2.05 bits per heavy atom. The second kappa shape index (κ2) is 12.3. The minimum Gasteiger partial charge on any atom is -0.497 e. The van der Waals surface area contributed by atoms with Gasteiger partial charge in [0.15, 0.2) is 5.78 Å². The van der Waals surface area contributed by atoms with Gasteiger partial charge in [0.05, 0.1) is 38.4 Å². The number of carbonyl (C=O) groups is 3. The summed E-state index contributed by atoms with van der Waals surface area (Å²) in [7, 11) is 1.58. The zero-order valence-electron chi connectivity index (χ0n) is 23.1. The van der Waals surface area contributed by atoms with Crippen LogP contribution in [0.25, 0.3) is 0 Å². The quantitative estimate of drug-likeness (QED) is 0.330. The molecule has 0 N–H and O–H groups in total. The van der Waals surface area contributed by atoms with Crippen LogP contribution in [-0.2, 0) is 23.9 Å². The van der Waals surface area contributed by atoms with E-state index in [4.69, 9.17) is 23.9 Å². The van der Waals surface area contributed by atoms with E-state index in [1.807, 2.05) is 55.5 Å². The lowest BCUT2D eigenvalue weighted by Crippen LogP contribution is -2.48. The number of esters is 2. The van der Waals surface area contributed by atoms with E-state index in [9.17, 15) is 14.4 Å². The van der Waals surface area contributed by atoms with Crippen LogP contribution in [0.5, 0.6) is 11.5 Å². The molecule has 0 amide bonds. The number of rotatable bonds is 9. The van der Waals surface area contributed by atoms with E-state index in [0.717, 1.165) is 11.1 Å². The number of hydrogen-bond acceptors (Lipinski definition) is 8. The Bertz CT molecular complexity index is 1280. The van der Waals surface area contributed by atoms with Gasteiger partial charge in [0.1, 0.15) is 17.4 Å². The van der Waals surface area contributed by atoms with Gasteiger partial charge >= 0.3 is 11.9 Å². The highest BCUT2D eigenvalue weighted by molar-refractivity contribution is 6.17. The Morgan fingerprint density at radius 2 is 1.46 bits per heavy atom. The number of nitrogens with zero attached hydrogens (tertiary/aromatic N) is 1. The molecule has 0 radical (unpaired) electrons. The molecular weight excluding hydrogens is 498 g/mol. The van der Waals surface area contributed by atoms with Crippen LogP contribution < -0.4 is 9.47 Å². The zero-order chi connectivity index (χ0) is 28.1. The number of hydrogen-bond donors (Lipinski definition) is 0. The molecule has 4 rings (SSSR count). The molecular formula is C31H35NO7. The van der Waals surface area contributed by atoms with Gasteiger partial charge in [0.2, 0.25) is 0 Å². The first kappa shape index (κ1) is 28.1. The first-order valence-corrected chi connectivity index (χ1v) is 13.4. The van der Waals surface area contributed by atoms with Crippen LogP contribution in [0.3, 0.4) is 0 Å². The normalized spacial score (nSPS) is 22.5. The molecule has 2 aromatic carbocycles. The Hall–Kier alpha value is -3.94. The van der Waals surface area contributed by atoms with Gasteiger partial charge < -0.3 is 18.9 Å². The van der Waals surface area contributed by atoms with Crippen LogP contribution in [0.4, 0.5) is 0 Å². The third kappa shape index (κ3) is 5.60. The highest BCUT2D eigenvalue weighted by Crippen LogP contribution is 2.48. The maximum Gasteiger partial charge on any atom is 0.336 e. The maximum absolute atomic E-state index is 14.4. The van der Waals surface area contributed by atoms with E-state index < -0.39 is 35.6 Å². The Balaban J connectivity index is 1.85. The van der Waals surface area contributed by atoms with Gasteiger partial charge in [-0.05, 0) is 69.5 Å². The van der Waals surface area contributed by atoms with Gasteiger partial charge in [0, 0.05) is 23.2 Å². The molecule has 1 heterocycles. The largest absolute Gasteiger partial charge is 0.497 e. The second-order valence-corrected chi connectivity index (χ2v) is 9.50. The average Bonchev–Trinajstić information content (AvgIpc) is 2.93. The van der Waals surface area contributed by atoms with Crippen molar-refractivity contribution in [1.29, 1.82) is 0 Å². The molecule has 206 valence electrons. The van der Waals surface area contributed by atoms with Crippen molar-refractivity contribution in [1.82, 2.24) is 0 Å². The van der Waals surface area contributed by atoms with Gasteiger partial charge in [0.25, 0.3) is 0 Å². The van der Waals surface area contributed by atoms with Gasteiger partial charge in [-0.25, -0.2) is 4.79 Å². The second-order valence-electron chi connectivity index (χ2n) is 9.50. The highest BCUT2D eigenvalue weighted by Gasteiger charge is 2.53. The van der Waals surface area contributed by atoms with Crippen molar-refractivity contribution in [3.05, 3.63) is 70.9 Å². The van der Waals surface area contributed by atoms with E-state index in [1.165, 1.54) is 0 Å². The van der Waals surface area contributed by atoms with Crippen LogP contribution in [-0.4, -0.2) is 50.4 Å². The molecule has 8 heteroatoms. The summed E-state index contributed by atoms with van der Waals surface area (Å²) in [6.45, 7) is 7.97. The molecule has 1 saturated carbocycles. The molecule has 0 spiro atoms. The van der Waals surface area contributed by atoms with Crippen molar-refractivity contribution >= 4 is 23.4 Å². The van der Waals surface area contributed by atoms with Gasteiger partial charge in [-0.15, -0.1) is 0 Å². The fourth-order valence-electron chi connectivity index (χ4n) is 5.62. The van der Waals surface area contributed by atoms with Gasteiger partial charge in [-0.2, -0.15) is 0 Å².